The smallest absolute Gasteiger partial charge is 0.378 e. The lowest BCUT2D eigenvalue weighted by Gasteiger charge is -2.01. The van der Waals surface area contributed by atoms with Gasteiger partial charge in [-0.15, -0.1) is 0 Å². The molecule has 0 bridgehead atoms. The summed E-state index contributed by atoms with van der Waals surface area (Å²) in [4.78, 5) is 0. The lowest BCUT2D eigenvalue weighted by atomic mass is 10.2. The van der Waals surface area contributed by atoms with E-state index in [1.165, 1.54) is 19.3 Å². The van der Waals surface area contributed by atoms with Crippen LogP contribution in [0.5, 0.6) is 0 Å². The molecule has 66 valence electrons. The zero-order chi connectivity index (χ0) is 8.69. The van der Waals surface area contributed by atoms with Crippen molar-refractivity contribution in [3.63, 3.8) is 0 Å². The first-order valence-corrected chi connectivity index (χ1v) is 3.70. The molecule has 1 nitrogen and oxygen atoms in total. The minimum atomic E-state index is -3.67. The summed E-state index contributed by atoms with van der Waals surface area (Å²) in [7, 11) is -3.67. The van der Waals surface area contributed by atoms with Gasteiger partial charge in [0.05, 0.1) is 6.10 Å². The van der Waals surface area contributed by atoms with Crippen molar-refractivity contribution < 1.29 is 17.7 Å². The highest BCUT2D eigenvalue weighted by Crippen LogP contribution is 2.13. The number of halogens is 3. The third kappa shape index (κ3) is 7.71. The molecule has 0 aliphatic carbocycles. The molecule has 1 rings (SSSR count). The Balaban J connectivity index is 0.000000218. The van der Waals surface area contributed by atoms with Crippen molar-refractivity contribution in [1.29, 1.82) is 0 Å². The Morgan fingerprint density at radius 2 is 2.00 bits per heavy atom. The molecule has 1 aliphatic heterocycles. The molecule has 1 fully saturated rings. The normalized spacial score (nSPS) is 22.4. The molecular formula is C6H12BF3O. The molecule has 11 heavy (non-hydrogen) atoms. The van der Waals surface area contributed by atoms with Gasteiger partial charge in [-0.2, -0.15) is 0 Å². The second-order valence-electron chi connectivity index (χ2n) is 2.29. The molecule has 1 unspecified atom stereocenters. The number of ether oxygens (including phenoxy) is 1. The van der Waals surface area contributed by atoms with Crippen LogP contribution in [0.2, 0.25) is 0 Å². The third-order valence-electron chi connectivity index (χ3n) is 1.48. The second-order valence-corrected chi connectivity index (χ2v) is 2.29. The Morgan fingerprint density at radius 3 is 2.18 bits per heavy atom. The van der Waals surface area contributed by atoms with Gasteiger partial charge >= 0.3 is 7.54 Å². The van der Waals surface area contributed by atoms with Gasteiger partial charge in [-0.3, -0.25) is 12.9 Å². The van der Waals surface area contributed by atoms with Crippen LogP contribution in [0.3, 0.4) is 0 Å². The lowest BCUT2D eigenvalue weighted by molar-refractivity contribution is 0.108. The van der Waals surface area contributed by atoms with E-state index in [-0.39, 0.29) is 0 Å². The van der Waals surface area contributed by atoms with Crippen LogP contribution in [0.4, 0.5) is 12.9 Å². The SMILES string of the molecule is CCC1CCCO1.FB(F)F. The van der Waals surface area contributed by atoms with Crippen LogP contribution in [-0.2, 0) is 4.74 Å². The van der Waals surface area contributed by atoms with Gasteiger partial charge in [-0.1, -0.05) is 6.92 Å². The molecule has 1 heterocycles. The number of hydrogen-bond acceptors (Lipinski definition) is 1. The molecule has 0 N–H and O–H groups in total. The molecule has 0 aromatic heterocycles. The fourth-order valence-electron chi connectivity index (χ4n) is 0.966. The minimum absolute atomic E-state index is 0.597. The van der Waals surface area contributed by atoms with E-state index in [1.54, 1.807) is 0 Å². The maximum Gasteiger partial charge on any atom is 0.762 e. The average Bonchev–Trinajstić information content (AvgIpc) is 2.36. The van der Waals surface area contributed by atoms with Gasteiger partial charge in [0.25, 0.3) is 0 Å². The van der Waals surface area contributed by atoms with E-state index in [2.05, 4.69) is 6.92 Å². The highest BCUT2D eigenvalue weighted by molar-refractivity contribution is 6.33. The van der Waals surface area contributed by atoms with Crippen LogP contribution < -0.4 is 0 Å². The largest absolute Gasteiger partial charge is 0.762 e. The first kappa shape index (κ1) is 10.8. The van der Waals surface area contributed by atoms with E-state index in [1.807, 2.05) is 0 Å². The molecule has 1 aliphatic rings. The van der Waals surface area contributed by atoms with Gasteiger partial charge in [-0.05, 0) is 19.3 Å². The molecule has 1 saturated heterocycles. The zero-order valence-electron chi connectivity index (χ0n) is 6.53. The van der Waals surface area contributed by atoms with Crippen LogP contribution >= 0.6 is 0 Å². The highest BCUT2D eigenvalue weighted by atomic mass is 19.4. The molecule has 0 spiro atoms. The Kier molecular flexibility index (Phi) is 6.41. The molecule has 1 atom stereocenters. The second kappa shape index (κ2) is 6.52. The molecule has 0 aromatic rings. The van der Waals surface area contributed by atoms with Crippen LogP contribution in [0.25, 0.3) is 0 Å². The van der Waals surface area contributed by atoms with Crippen LogP contribution in [0.15, 0.2) is 0 Å². The maximum atomic E-state index is 9.67. The van der Waals surface area contributed by atoms with Gasteiger partial charge < -0.3 is 4.74 Å². The fraction of sp³-hybridized carbons (Fsp3) is 1.00. The predicted octanol–water partition coefficient (Wildman–Crippen LogP) is 2.46. The van der Waals surface area contributed by atoms with Gasteiger partial charge in [0.2, 0.25) is 0 Å². The van der Waals surface area contributed by atoms with Crippen LogP contribution in [0, 0.1) is 0 Å². The monoisotopic (exact) mass is 168 g/mol. The van der Waals surface area contributed by atoms with Crippen LogP contribution in [-0.4, -0.2) is 20.3 Å². The lowest BCUT2D eigenvalue weighted by Crippen LogP contribution is -2.00. The van der Waals surface area contributed by atoms with Crippen molar-refractivity contribution in [1.82, 2.24) is 0 Å². The standard InChI is InChI=1S/C6H12O.BF3/c1-2-6-4-3-5-7-6;2-1(3)4/h6H,2-5H2,1H3;. The average molecular weight is 168 g/mol. The van der Waals surface area contributed by atoms with Crippen molar-refractivity contribution in [3.8, 4) is 0 Å². The first-order valence-electron chi connectivity index (χ1n) is 3.70. The summed E-state index contributed by atoms with van der Waals surface area (Å²) in [6.45, 7) is 3.18. The van der Waals surface area contributed by atoms with Crippen molar-refractivity contribution in [2.75, 3.05) is 6.61 Å². The molecule has 5 heteroatoms. The fourth-order valence-corrected chi connectivity index (χ4v) is 0.966. The summed E-state index contributed by atoms with van der Waals surface area (Å²) < 4.78 is 34.3. The van der Waals surface area contributed by atoms with Crippen molar-refractivity contribution in [2.24, 2.45) is 0 Å². The van der Waals surface area contributed by atoms with Gasteiger partial charge in [0.15, 0.2) is 0 Å². The third-order valence-corrected chi connectivity index (χ3v) is 1.48. The highest BCUT2D eigenvalue weighted by Gasteiger charge is 2.11. The van der Waals surface area contributed by atoms with Gasteiger partial charge in [-0.25, -0.2) is 0 Å². The number of hydrogen-bond donors (Lipinski definition) is 0. The summed E-state index contributed by atoms with van der Waals surface area (Å²) in [5.41, 5.74) is 0. The molecule has 0 amide bonds. The molecule has 0 aromatic carbocycles. The summed E-state index contributed by atoms with van der Waals surface area (Å²) in [6, 6.07) is 0. The molecule has 0 saturated carbocycles. The Labute approximate surface area is 65.1 Å². The van der Waals surface area contributed by atoms with E-state index in [9.17, 15) is 12.9 Å². The van der Waals surface area contributed by atoms with Crippen molar-refractivity contribution in [2.45, 2.75) is 32.3 Å². The predicted molar refractivity (Wildman–Crippen MR) is 38.3 cm³/mol. The van der Waals surface area contributed by atoms with E-state index >= 15 is 0 Å². The van der Waals surface area contributed by atoms with Crippen LogP contribution in [0.1, 0.15) is 26.2 Å². The zero-order valence-corrected chi connectivity index (χ0v) is 6.53. The van der Waals surface area contributed by atoms with Gasteiger partial charge in [0, 0.05) is 6.61 Å². The Morgan fingerprint density at radius 1 is 1.45 bits per heavy atom. The van der Waals surface area contributed by atoms with E-state index in [0.29, 0.717) is 6.10 Å². The number of rotatable bonds is 1. The Hall–Kier alpha value is -0.185. The first-order chi connectivity index (χ1) is 5.16. The van der Waals surface area contributed by atoms with Gasteiger partial charge in [0.1, 0.15) is 0 Å². The summed E-state index contributed by atoms with van der Waals surface area (Å²) in [6.07, 6.45) is 4.36. The van der Waals surface area contributed by atoms with Crippen molar-refractivity contribution >= 4 is 7.54 Å². The summed E-state index contributed by atoms with van der Waals surface area (Å²) in [5.74, 6) is 0. The maximum absolute atomic E-state index is 9.67. The topological polar surface area (TPSA) is 9.23 Å². The minimum Gasteiger partial charge on any atom is -0.378 e. The Bertz CT molecular complexity index is 83.1. The molecule has 0 radical (unpaired) electrons. The quantitative estimate of drug-likeness (QED) is 0.546. The van der Waals surface area contributed by atoms with E-state index < -0.39 is 7.54 Å². The van der Waals surface area contributed by atoms with Crippen molar-refractivity contribution in [3.05, 3.63) is 0 Å². The summed E-state index contributed by atoms with van der Waals surface area (Å²) >= 11 is 0. The molecular weight excluding hydrogens is 156 g/mol. The van der Waals surface area contributed by atoms with E-state index in [0.717, 1.165) is 6.61 Å². The summed E-state index contributed by atoms with van der Waals surface area (Å²) in [5, 5.41) is 0. The van der Waals surface area contributed by atoms with E-state index in [4.69, 9.17) is 4.74 Å².